The summed E-state index contributed by atoms with van der Waals surface area (Å²) in [7, 11) is 1.60. The van der Waals surface area contributed by atoms with E-state index in [0.29, 0.717) is 41.3 Å². The fraction of sp³-hybridized carbons (Fsp3) is 0.158. The van der Waals surface area contributed by atoms with Gasteiger partial charge in [0.15, 0.2) is 0 Å². The van der Waals surface area contributed by atoms with E-state index in [1.54, 1.807) is 49.6 Å². The van der Waals surface area contributed by atoms with Gasteiger partial charge in [0, 0.05) is 24.8 Å². The Hall–Kier alpha value is -3.50. The molecule has 1 N–H and O–H groups in total. The van der Waals surface area contributed by atoms with Gasteiger partial charge >= 0.3 is 0 Å². The topological polar surface area (TPSA) is 97.0 Å². The van der Waals surface area contributed by atoms with Gasteiger partial charge in [-0.05, 0) is 42.5 Å². The van der Waals surface area contributed by atoms with Gasteiger partial charge in [-0.15, -0.1) is 0 Å². The first kappa shape index (κ1) is 17.3. The van der Waals surface area contributed by atoms with Gasteiger partial charge in [0.1, 0.15) is 6.29 Å². The maximum absolute atomic E-state index is 12.5. The van der Waals surface area contributed by atoms with E-state index in [9.17, 15) is 9.59 Å². The molecule has 0 aliphatic heterocycles. The second-order valence-corrected chi connectivity index (χ2v) is 5.59. The molecule has 1 heterocycles. The van der Waals surface area contributed by atoms with Gasteiger partial charge in [-0.3, -0.25) is 14.9 Å². The summed E-state index contributed by atoms with van der Waals surface area (Å²) in [6.45, 7) is 0.942. The Morgan fingerprint density at radius 1 is 1.31 bits per heavy atom. The number of anilines is 1. The molecule has 0 fully saturated rings. The molecule has 0 saturated heterocycles. The zero-order valence-electron chi connectivity index (χ0n) is 14.1. The van der Waals surface area contributed by atoms with Crippen molar-refractivity contribution in [3.05, 3.63) is 59.2 Å². The number of rotatable bonds is 6. The molecule has 0 radical (unpaired) electrons. The third kappa shape index (κ3) is 3.45. The number of fused-ring (bicyclic) bond motifs is 1. The summed E-state index contributed by atoms with van der Waals surface area (Å²) in [5.74, 6) is 0.0357. The first-order valence-corrected chi connectivity index (χ1v) is 7.92. The largest absolute Gasteiger partial charge is 0.383 e. The SMILES string of the molecule is COCCn1c(NC(=O)c2ccc(C#N)cc2)nc2cc(C=O)ccc21. The van der Waals surface area contributed by atoms with Crippen LogP contribution in [0.5, 0.6) is 0 Å². The van der Waals surface area contributed by atoms with Crippen LogP contribution in [0.15, 0.2) is 42.5 Å². The molecule has 26 heavy (non-hydrogen) atoms. The normalized spacial score (nSPS) is 10.5. The number of imidazole rings is 1. The summed E-state index contributed by atoms with van der Waals surface area (Å²) in [4.78, 5) is 27.9. The fourth-order valence-corrected chi connectivity index (χ4v) is 2.59. The first-order valence-electron chi connectivity index (χ1n) is 7.92. The van der Waals surface area contributed by atoms with E-state index >= 15 is 0 Å². The summed E-state index contributed by atoms with van der Waals surface area (Å²) in [6, 6.07) is 13.5. The van der Waals surface area contributed by atoms with Crippen LogP contribution in [-0.4, -0.2) is 35.5 Å². The number of ether oxygens (including phenoxy) is 1. The van der Waals surface area contributed by atoms with E-state index < -0.39 is 0 Å². The number of nitrogens with one attached hydrogen (secondary N) is 1. The van der Waals surface area contributed by atoms with Gasteiger partial charge in [-0.25, -0.2) is 4.98 Å². The number of benzene rings is 2. The van der Waals surface area contributed by atoms with Crippen molar-refractivity contribution in [2.45, 2.75) is 6.54 Å². The van der Waals surface area contributed by atoms with Gasteiger partial charge < -0.3 is 9.30 Å². The number of hydrogen-bond donors (Lipinski definition) is 1. The minimum atomic E-state index is -0.334. The second-order valence-electron chi connectivity index (χ2n) is 5.59. The maximum atomic E-state index is 12.5. The monoisotopic (exact) mass is 348 g/mol. The summed E-state index contributed by atoms with van der Waals surface area (Å²) >= 11 is 0. The molecular formula is C19H16N4O3. The molecule has 1 amide bonds. The lowest BCUT2D eigenvalue weighted by atomic mass is 10.1. The molecule has 0 atom stereocenters. The lowest BCUT2D eigenvalue weighted by Gasteiger charge is -2.09. The molecule has 3 aromatic rings. The number of carbonyl (C=O) groups excluding carboxylic acids is 2. The third-order valence-electron chi connectivity index (χ3n) is 3.93. The van der Waals surface area contributed by atoms with Crippen molar-refractivity contribution >= 4 is 29.2 Å². The highest BCUT2D eigenvalue weighted by molar-refractivity contribution is 6.04. The quantitative estimate of drug-likeness (QED) is 0.691. The lowest BCUT2D eigenvalue weighted by Crippen LogP contribution is -2.17. The van der Waals surface area contributed by atoms with Crippen molar-refractivity contribution in [3.8, 4) is 6.07 Å². The van der Waals surface area contributed by atoms with Crippen LogP contribution in [0.1, 0.15) is 26.3 Å². The average molecular weight is 348 g/mol. The van der Waals surface area contributed by atoms with E-state index in [1.807, 2.05) is 10.6 Å². The molecular weight excluding hydrogens is 332 g/mol. The van der Waals surface area contributed by atoms with E-state index in [4.69, 9.17) is 10.00 Å². The molecule has 7 heteroatoms. The van der Waals surface area contributed by atoms with Crippen LogP contribution in [0.4, 0.5) is 5.95 Å². The van der Waals surface area contributed by atoms with E-state index in [2.05, 4.69) is 10.3 Å². The van der Waals surface area contributed by atoms with Gasteiger partial charge in [0.2, 0.25) is 5.95 Å². The number of nitriles is 1. The number of amides is 1. The van der Waals surface area contributed by atoms with Crippen molar-refractivity contribution in [2.75, 3.05) is 19.0 Å². The number of hydrogen-bond acceptors (Lipinski definition) is 5. The van der Waals surface area contributed by atoms with Crippen molar-refractivity contribution in [2.24, 2.45) is 0 Å². The highest BCUT2D eigenvalue weighted by Crippen LogP contribution is 2.21. The Bertz CT molecular complexity index is 1000. The van der Waals surface area contributed by atoms with Crippen LogP contribution in [-0.2, 0) is 11.3 Å². The number of aldehydes is 1. The number of carbonyl (C=O) groups is 2. The molecule has 0 spiro atoms. The third-order valence-corrected chi connectivity index (χ3v) is 3.93. The first-order chi connectivity index (χ1) is 12.7. The fourth-order valence-electron chi connectivity index (χ4n) is 2.59. The Balaban J connectivity index is 1.95. The molecule has 130 valence electrons. The molecule has 0 aliphatic rings. The molecule has 2 aromatic carbocycles. The smallest absolute Gasteiger partial charge is 0.257 e. The molecule has 3 rings (SSSR count). The highest BCUT2D eigenvalue weighted by Gasteiger charge is 2.15. The summed E-state index contributed by atoms with van der Waals surface area (Å²) in [6.07, 6.45) is 0.753. The molecule has 0 bridgehead atoms. The van der Waals surface area contributed by atoms with Crippen LogP contribution in [0.3, 0.4) is 0 Å². The van der Waals surface area contributed by atoms with Crippen molar-refractivity contribution < 1.29 is 14.3 Å². The zero-order chi connectivity index (χ0) is 18.5. The number of methoxy groups -OCH3 is 1. The van der Waals surface area contributed by atoms with Crippen molar-refractivity contribution in [3.63, 3.8) is 0 Å². The predicted molar refractivity (Wildman–Crippen MR) is 96.1 cm³/mol. The summed E-state index contributed by atoms with van der Waals surface area (Å²) in [5.41, 5.74) is 2.82. The molecule has 1 aromatic heterocycles. The Labute approximate surface area is 149 Å². The molecule has 0 saturated carbocycles. The van der Waals surface area contributed by atoms with E-state index in [-0.39, 0.29) is 5.91 Å². The van der Waals surface area contributed by atoms with Crippen LogP contribution in [0.2, 0.25) is 0 Å². The Morgan fingerprint density at radius 3 is 2.73 bits per heavy atom. The average Bonchev–Trinajstić information content (AvgIpc) is 3.02. The van der Waals surface area contributed by atoms with Gasteiger partial charge in [-0.1, -0.05) is 0 Å². The summed E-state index contributed by atoms with van der Waals surface area (Å²) in [5, 5.41) is 11.6. The minimum Gasteiger partial charge on any atom is -0.383 e. The second kappa shape index (κ2) is 7.59. The lowest BCUT2D eigenvalue weighted by molar-refractivity contribution is 0.102. The van der Waals surface area contributed by atoms with E-state index in [0.717, 1.165) is 11.8 Å². The Kier molecular flexibility index (Phi) is 5.06. The van der Waals surface area contributed by atoms with Gasteiger partial charge in [0.05, 0.1) is 29.3 Å². The van der Waals surface area contributed by atoms with Crippen molar-refractivity contribution in [1.29, 1.82) is 5.26 Å². The molecule has 0 unspecified atom stereocenters. The number of nitrogens with zero attached hydrogens (tertiary/aromatic N) is 3. The maximum Gasteiger partial charge on any atom is 0.257 e. The summed E-state index contributed by atoms with van der Waals surface area (Å²) < 4.78 is 6.96. The van der Waals surface area contributed by atoms with Crippen LogP contribution in [0.25, 0.3) is 11.0 Å². The number of aromatic nitrogens is 2. The molecule has 7 nitrogen and oxygen atoms in total. The predicted octanol–water partition coefficient (Wildman–Crippen LogP) is 2.62. The van der Waals surface area contributed by atoms with Crippen LogP contribution in [0, 0.1) is 11.3 Å². The van der Waals surface area contributed by atoms with Crippen LogP contribution >= 0.6 is 0 Å². The minimum absolute atomic E-state index is 0.334. The van der Waals surface area contributed by atoms with Gasteiger partial charge in [-0.2, -0.15) is 5.26 Å². The molecule has 0 aliphatic carbocycles. The Morgan fingerprint density at radius 2 is 2.08 bits per heavy atom. The van der Waals surface area contributed by atoms with E-state index in [1.165, 1.54) is 0 Å². The highest BCUT2D eigenvalue weighted by atomic mass is 16.5. The zero-order valence-corrected chi connectivity index (χ0v) is 14.1. The van der Waals surface area contributed by atoms with Gasteiger partial charge in [0.25, 0.3) is 5.91 Å². The standard InChI is InChI=1S/C19H16N4O3/c1-26-9-8-23-17-7-4-14(12-24)10-16(17)21-19(23)22-18(25)15-5-2-13(11-20)3-6-15/h2-7,10,12H,8-9H2,1H3,(H,21,22,25). The van der Waals surface area contributed by atoms with Crippen LogP contribution < -0.4 is 5.32 Å². The van der Waals surface area contributed by atoms with Crippen molar-refractivity contribution in [1.82, 2.24) is 9.55 Å².